The Kier molecular flexibility index (Phi) is 6.19. The van der Waals surface area contributed by atoms with Crippen molar-refractivity contribution in [3.05, 3.63) is 6.07 Å². The molecule has 1 atom stereocenters. The van der Waals surface area contributed by atoms with Crippen LogP contribution >= 0.6 is 0 Å². The first-order valence-electron chi connectivity index (χ1n) is 9.93. The zero-order valence-corrected chi connectivity index (χ0v) is 16.4. The van der Waals surface area contributed by atoms with Crippen molar-refractivity contribution in [1.29, 1.82) is 0 Å². The van der Waals surface area contributed by atoms with Gasteiger partial charge in [0.2, 0.25) is 5.95 Å². The van der Waals surface area contributed by atoms with Gasteiger partial charge < -0.3 is 25.5 Å². The van der Waals surface area contributed by atoms with E-state index in [-0.39, 0.29) is 6.10 Å². The molecule has 3 N–H and O–H groups in total. The monoisotopic (exact) mass is 362 g/mol. The molecule has 26 heavy (non-hydrogen) atoms. The van der Waals surface area contributed by atoms with Crippen molar-refractivity contribution in [2.45, 2.75) is 39.2 Å². The van der Waals surface area contributed by atoms with Crippen LogP contribution in [-0.2, 0) is 0 Å². The minimum absolute atomic E-state index is 0.187. The van der Waals surface area contributed by atoms with Crippen LogP contribution in [0.4, 0.5) is 17.6 Å². The number of rotatable bonds is 5. The van der Waals surface area contributed by atoms with Gasteiger partial charge in [0.1, 0.15) is 11.6 Å². The van der Waals surface area contributed by atoms with E-state index in [0.717, 1.165) is 70.2 Å². The highest BCUT2D eigenvalue weighted by molar-refractivity contribution is 5.54. The summed E-state index contributed by atoms with van der Waals surface area (Å²) in [5, 5.41) is 10.4. The van der Waals surface area contributed by atoms with Crippen molar-refractivity contribution in [2.24, 2.45) is 11.8 Å². The average Bonchev–Trinajstić information content (AvgIpc) is 2.61. The number of aromatic nitrogens is 2. The molecule has 3 heterocycles. The summed E-state index contributed by atoms with van der Waals surface area (Å²) in [6.45, 7) is 10.2. The second-order valence-electron chi connectivity index (χ2n) is 8.25. The number of nitrogen functional groups attached to an aromatic ring is 1. The molecule has 1 aromatic heterocycles. The van der Waals surface area contributed by atoms with Gasteiger partial charge in [-0.15, -0.1) is 0 Å². The van der Waals surface area contributed by atoms with E-state index < -0.39 is 0 Å². The molecule has 146 valence electrons. The Balaban J connectivity index is 1.63. The molecule has 2 aliphatic heterocycles. The van der Waals surface area contributed by atoms with E-state index in [4.69, 9.17) is 5.73 Å². The molecule has 0 unspecified atom stereocenters. The van der Waals surface area contributed by atoms with Crippen molar-refractivity contribution in [3.63, 3.8) is 0 Å². The second kappa shape index (κ2) is 8.39. The zero-order chi connectivity index (χ0) is 18.7. The lowest BCUT2D eigenvalue weighted by Gasteiger charge is -2.36. The van der Waals surface area contributed by atoms with Gasteiger partial charge in [-0.1, -0.05) is 13.8 Å². The summed E-state index contributed by atoms with van der Waals surface area (Å²) < 4.78 is 0. The van der Waals surface area contributed by atoms with Crippen LogP contribution in [0.25, 0.3) is 0 Å². The van der Waals surface area contributed by atoms with Crippen molar-refractivity contribution in [3.8, 4) is 0 Å². The molecule has 1 aromatic rings. The second-order valence-corrected chi connectivity index (χ2v) is 8.25. The summed E-state index contributed by atoms with van der Waals surface area (Å²) in [5.74, 6) is 3.13. The maximum atomic E-state index is 10.4. The molecule has 0 saturated carbocycles. The topological polar surface area (TPSA) is 81.8 Å². The highest BCUT2D eigenvalue weighted by Crippen LogP contribution is 2.28. The van der Waals surface area contributed by atoms with E-state index in [0.29, 0.717) is 17.8 Å². The molecule has 0 aliphatic carbocycles. The Morgan fingerprint density at radius 2 is 1.58 bits per heavy atom. The number of hydrogen-bond acceptors (Lipinski definition) is 7. The van der Waals surface area contributed by atoms with Crippen LogP contribution in [0.15, 0.2) is 6.07 Å². The Labute approximate surface area is 157 Å². The van der Waals surface area contributed by atoms with E-state index in [2.05, 4.69) is 51.6 Å². The Morgan fingerprint density at radius 3 is 2.12 bits per heavy atom. The van der Waals surface area contributed by atoms with E-state index in [1.165, 1.54) is 0 Å². The Morgan fingerprint density at radius 1 is 1.04 bits per heavy atom. The number of nitrogens with two attached hydrogens (primary N) is 1. The minimum Gasteiger partial charge on any atom is -0.393 e. The maximum Gasteiger partial charge on any atom is 0.223 e. The normalized spacial score (nSPS) is 21.4. The number of aliphatic hydroxyl groups is 1. The molecule has 7 heteroatoms. The van der Waals surface area contributed by atoms with Crippen LogP contribution in [0.5, 0.6) is 0 Å². The van der Waals surface area contributed by atoms with Crippen LogP contribution in [0.3, 0.4) is 0 Å². The zero-order valence-electron chi connectivity index (χ0n) is 16.4. The fourth-order valence-corrected chi connectivity index (χ4v) is 3.99. The van der Waals surface area contributed by atoms with Gasteiger partial charge in [-0.25, -0.2) is 0 Å². The summed E-state index contributed by atoms with van der Waals surface area (Å²) >= 11 is 0. The van der Waals surface area contributed by atoms with Crippen molar-refractivity contribution < 1.29 is 5.11 Å². The molecular weight excluding hydrogens is 328 g/mol. The first-order chi connectivity index (χ1) is 12.4. The first kappa shape index (κ1) is 19.2. The smallest absolute Gasteiger partial charge is 0.223 e. The number of nitrogens with zero attached hydrogens (tertiary/aromatic N) is 5. The van der Waals surface area contributed by atoms with E-state index in [9.17, 15) is 5.11 Å². The molecule has 0 aromatic carbocycles. The van der Waals surface area contributed by atoms with E-state index >= 15 is 0 Å². The highest BCUT2D eigenvalue weighted by atomic mass is 16.3. The predicted octanol–water partition coefficient (Wildman–Crippen LogP) is 1.43. The van der Waals surface area contributed by atoms with Crippen LogP contribution in [0.2, 0.25) is 0 Å². The van der Waals surface area contributed by atoms with Crippen molar-refractivity contribution in [2.75, 3.05) is 61.8 Å². The third-order valence-corrected chi connectivity index (χ3v) is 5.66. The largest absolute Gasteiger partial charge is 0.393 e. The third kappa shape index (κ3) is 4.76. The molecule has 0 amide bonds. The SMILES string of the molecule is CC(C)C[C@H](O)C1CCN(c2cc(N3CCN(C)CC3)nc(N)n2)CC1. The van der Waals surface area contributed by atoms with Crippen LogP contribution in [0.1, 0.15) is 33.1 Å². The standard InChI is InChI=1S/C19H34N6O/c1-14(2)12-16(26)15-4-6-24(7-5-15)17-13-18(22-19(20)21-17)25-10-8-23(3)9-11-25/h13-16,26H,4-12H2,1-3H3,(H2,20,21,22)/t16-/m0/s1. The lowest BCUT2D eigenvalue weighted by atomic mass is 9.87. The van der Waals surface area contributed by atoms with Crippen LogP contribution < -0.4 is 15.5 Å². The van der Waals surface area contributed by atoms with Gasteiger partial charge in [0.15, 0.2) is 0 Å². The van der Waals surface area contributed by atoms with Gasteiger partial charge in [0, 0.05) is 45.3 Å². The summed E-state index contributed by atoms with van der Waals surface area (Å²) in [5.41, 5.74) is 6.00. The number of hydrogen-bond donors (Lipinski definition) is 2. The molecule has 0 spiro atoms. The lowest BCUT2D eigenvalue weighted by molar-refractivity contribution is 0.0734. The first-order valence-corrected chi connectivity index (χ1v) is 9.93. The fraction of sp³-hybridized carbons (Fsp3) is 0.789. The Bertz CT molecular complexity index is 579. The number of piperazine rings is 1. The van der Waals surface area contributed by atoms with Gasteiger partial charge in [-0.05, 0) is 38.1 Å². The van der Waals surface area contributed by atoms with Gasteiger partial charge in [-0.2, -0.15) is 9.97 Å². The van der Waals surface area contributed by atoms with Gasteiger partial charge in [-0.3, -0.25) is 0 Å². The van der Waals surface area contributed by atoms with Gasteiger partial charge in [0.25, 0.3) is 0 Å². The third-order valence-electron chi connectivity index (χ3n) is 5.66. The minimum atomic E-state index is -0.187. The highest BCUT2D eigenvalue weighted by Gasteiger charge is 2.27. The number of aliphatic hydroxyl groups excluding tert-OH is 1. The summed E-state index contributed by atoms with van der Waals surface area (Å²) in [4.78, 5) is 15.8. The molecule has 2 fully saturated rings. The molecule has 2 aliphatic rings. The van der Waals surface area contributed by atoms with Gasteiger partial charge >= 0.3 is 0 Å². The number of piperidine rings is 1. The summed E-state index contributed by atoms with van der Waals surface area (Å²) in [6, 6.07) is 2.08. The van der Waals surface area contributed by atoms with Crippen LogP contribution in [-0.4, -0.2) is 72.4 Å². The predicted molar refractivity (Wildman–Crippen MR) is 107 cm³/mol. The summed E-state index contributed by atoms with van der Waals surface area (Å²) in [6.07, 6.45) is 2.70. The van der Waals surface area contributed by atoms with Crippen molar-refractivity contribution in [1.82, 2.24) is 14.9 Å². The summed E-state index contributed by atoms with van der Waals surface area (Å²) in [7, 11) is 2.15. The van der Waals surface area contributed by atoms with Crippen molar-refractivity contribution >= 4 is 17.6 Å². The lowest BCUT2D eigenvalue weighted by Crippen LogP contribution is -2.45. The fourth-order valence-electron chi connectivity index (χ4n) is 3.99. The quantitative estimate of drug-likeness (QED) is 0.820. The molecule has 0 bridgehead atoms. The van der Waals surface area contributed by atoms with Gasteiger partial charge in [0.05, 0.1) is 6.10 Å². The molecule has 3 rings (SSSR count). The molecule has 7 nitrogen and oxygen atoms in total. The Hall–Kier alpha value is -1.60. The average molecular weight is 363 g/mol. The molecule has 2 saturated heterocycles. The molecule has 0 radical (unpaired) electrons. The molecular formula is C19H34N6O. The van der Waals surface area contributed by atoms with Crippen LogP contribution in [0, 0.1) is 11.8 Å². The number of likely N-dealkylation sites (N-methyl/N-ethyl adjacent to an activating group) is 1. The maximum absolute atomic E-state index is 10.4. The number of anilines is 3. The van der Waals surface area contributed by atoms with E-state index in [1.54, 1.807) is 0 Å². The van der Waals surface area contributed by atoms with E-state index in [1.807, 2.05) is 0 Å².